The maximum Gasteiger partial charge on any atom is 0.306 e. The van der Waals surface area contributed by atoms with Crippen LogP contribution >= 0.6 is 0 Å². The standard InChI is InChI=1S/C47H89NO5/c1-4-7-10-13-16-19-22-23-25-26-29-32-35-38-43(53-47(52)40-37-34-31-28-21-18-15-12-9-6-3)41-46(51)48-44(42-49)45(50)39-36-33-30-27-24-20-17-14-11-8-5-2/h12,15,19,22,43-45,49-50H,4-11,13-14,16-18,20-21,23-42H2,1-3H3,(H,48,51)/b15-12-,22-19-. The normalized spacial score (nSPS) is 13.5. The molecule has 0 saturated heterocycles. The lowest BCUT2D eigenvalue weighted by molar-refractivity contribution is -0.151. The number of aliphatic hydroxyl groups is 2. The summed E-state index contributed by atoms with van der Waals surface area (Å²) >= 11 is 0. The van der Waals surface area contributed by atoms with Crippen molar-refractivity contribution in [1.82, 2.24) is 5.32 Å². The van der Waals surface area contributed by atoms with Gasteiger partial charge < -0.3 is 20.3 Å². The molecule has 6 heteroatoms. The summed E-state index contributed by atoms with van der Waals surface area (Å²) in [5.41, 5.74) is 0. The maximum atomic E-state index is 13.1. The molecule has 0 rings (SSSR count). The molecule has 312 valence electrons. The number of hydrogen-bond acceptors (Lipinski definition) is 5. The predicted molar refractivity (Wildman–Crippen MR) is 227 cm³/mol. The lowest BCUT2D eigenvalue weighted by Crippen LogP contribution is -2.46. The van der Waals surface area contributed by atoms with Crippen LogP contribution in [0.2, 0.25) is 0 Å². The SMILES string of the molecule is CCC/C=C\CCCCCCCC(=O)OC(CCCCCCC/C=C\CCCCCC)CC(=O)NC(CO)C(O)CCCCCCCCCCCCC. The Morgan fingerprint density at radius 1 is 0.528 bits per heavy atom. The van der Waals surface area contributed by atoms with Crippen LogP contribution < -0.4 is 5.32 Å². The summed E-state index contributed by atoms with van der Waals surface area (Å²) in [6, 6.07) is -0.700. The molecule has 0 aromatic heterocycles. The Morgan fingerprint density at radius 3 is 1.43 bits per heavy atom. The van der Waals surface area contributed by atoms with E-state index in [0.717, 1.165) is 77.0 Å². The molecule has 0 saturated carbocycles. The minimum Gasteiger partial charge on any atom is -0.462 e. The van der Waals surface area contributed by atoms with Crippen molar-refractivity contribution in [1.29, 1.82) is 0 Å². The molecule has 0 aliphatic rings. The van der Waals surface area contributed by atoms with Gasteiger partial charge in [0.25, 0.3) is 0 Å². The van der Waals surface area contributed by atoms with Gasteiger partial charge in [-0.25, -0.2) is 0 Å². The molecule has 1 amide bonds. The van der Waals surface area contributed by atoms with Crippen molar-refractivity contribution >= 4 is 11.9 Å². The van der Waals surface area contributed by atoms with Gasteiger partial charge in [0.15, 0.2) is 0 Å². The second kappa shape index (κ2) is 41.5. The second-order valence-electron chi connectivity index (χ2n) is 15.8. The van der Waals surface area contributed by atoms with Crippen molar-refractivity contribution in [2.75, 3.05) is 6.61 Å². The summed E-state index contributed by atoms with van der Waals surface area (Å²) < 4.78 is 5.89. The number of hydrogen-bond donors (Lipinski definition) is 3. The second-order valence-corrected chi connectivity index (χ2v) is 15.8. The molecule has 0 radical (unpaired) electrons. The summed E-state index contributed by atoms with van der Waals surface area (Å²) in [6.07, 6.45) is 45.2. The monoisotopic (exact) mass is 748 g/mol. The number of allylic oxidation sites excluding steroid dienone is 4. The number of esters is 1. The van der Waals surface area contributed by atoms with Crippen molar-refractivity contribution in [3.05, 3.63) is 24.3 Å². The van der Waals surface area contributed by atoms with Gasteiger partial charge in [-0.05, 0) is 70.6 Å². The minimum absolute atomic E-state index is 0.0714. The van der Waals surface area contributed by atoms with E-state index < -0.39 is 18.2 Å². The van der Waals surface area contributed by atoms with Crippen molar-refractivity contribution in [2.24, 2.45) is 0 Å². The number of amides is 1. The van der Waals surface area contributed by atoms with E-state index in [1.807, 2.05) is 0 Å². The summed E-state index contributed by atoms with van der Waals surface area (Å²) in [6.45, 7) is 6.39. The first-order valence-electron chi connectivity index (χ1n) is 23.1. The molecule has 0 aliphatic heterocycles. The third-order valence-corrected chi connectivity index (χ3v) is 10.5. The van der Waals surface area contributed by atoms with Crippen LogP contribution in [0.1, 0.15) is 239 Å². The molecular weight excluding hydrogens is 659 g/mol. The summed E-state index contributed by atoms with van der Waals surface area (Å²) in [5.74, 6) is -0.490. The van der Waals surface area contributed by atoms with Crippen LogP contribution in [0, 0.1) is 0 Å². The number of unbranched alkanes of at least 4 members (excludes halogenated alkanes) is 25. The van der Waals surface area contributed by atoms with E-state index in [2.05, 4.69) is 50.4 Å². The third-order valence-electron chi connectivity index (χ3n) is 10.5. The topological polar surface area (TPSA) is 95.9 Å². The minimum atomic E-state index is -0.785. The highest BCUT2D eigenvalue weighted by atomic mass is 16.5. The van der Waals surface area contributed by atoms with Gasteiger partial charge in [-0.15, -0.1) is 0 Å². The Bertz CT molecular complexity index is 843. The van der Waals surface area contributed by atoms with Gasteiger partial charge in [-0.1, -0.05) is 180 Å². The fourth-order valence-corrected chi connectivity index (χ4v) is 6.96. The summed E-state index contributed by atoms with van der Waals surface area (Å²) in [7, 11) is 0. The predicted octanol–water partition coefficient (Wildman–Crippen LogP) is 13.2. The quantitative estimate of drug-likeness (QED) is 0.0329. The molecule has 0 aliphatic carbocycles. The lowest BCUT2D eigenvalue weighted by Gasteiger charge is -2.24. The van der Waals surface area contributed by atoms with Crippen LogP contribution in [0.25, 0.3) is 0 Å². The number of aliphatic hydroxyl groups excluding tert-OH is 2. The Kier molecular flexibility index (Phi) is 40.2. The lowest BCUT2D eigenvalue weighted by atomic mass is 10.0. The van der Waals surface area contributed by atoms with Crippen LogP contribution in [0.4, 0.5) is 0 Å². The van der Waals surface area contributed by atoms with Crippen LogP contribution in [0.3, 0.4) is 0 Å². The molecular formula is C47H89NO5. The van der Waals surface area contributed by atoms with Gasteiger partial charge >= 0.3 is 5.97 Å². The Morgan fingerprint density at radius 2 is 0.943 bits per heavy atom. The first kappa shape index (κ1) is 51.3. The van der Waals surface area contributed by atoms with Gasteiger partial charge in [0.2, 0.25) is 5.91 Å². The van der Waals surface area contributed by atoms with E-state index in [-0.39, 0.29) is 24.9 Å². The molecule has 0 bridgehead atoms. The van der Waals surface area contributed by atoms with Crippen LogP contribution in [0.15, 0.2) is 24.3 Å². The van der Waals surface area contributed by atoms with Gasteiger partial charge in [0.1, 0.15) is 6.10 Å². The van der Waals surface area contributed by atoms with Crippen LogP contribution in [0.5, 0.6) is 0 Å². The molecule has 0 spiro atoms. The first-order valence-corrected chi connectivity index (χ1v) is 23.1. The summed E-state index contributed by atoms with van der Waals surface area (Å²) in [4.78, 5) is 25.9. The van der Waals surface area contributed by atoms with Crippen molar-refractivity contribution in [2.45, 2.75) is 257 Å². The van der Waals surface area contributed by atoms with Gasteiger partial charge in [0.05, 0.1) is 25.2 Å². The average molecular weight is 748 g/mol. The van der Waals surface area contributed by atoms with Gasteiger partial charge in [0, 0.05) is 6.42 Å². The molecule has 3 unspecified atom stereocenters. The molecule has 3 atom stereocenters. The smallest absolute Gasteiger partial charge is 0.306 e. The van der Waals surface area contributed by atoms with E-state index >= 15 is 0 Å². The average Bonchev–Trinajstić information content (AvgIpc) is 3.15. The van der Waals surface area contributed by atoms with Crippen molar-refractivity contribution in [3.8, 4) is 0 Å². The fourth-order valence-electron chi connectivity index (χ4n) is 6.96. The van der Waals surface area contributed by atoms with Crippen LogP contribution in [-0.2, 0) is 14.3 Å². The highest BCUT2D eigenvalue weighted by molar-refractivity contribution is 5.77. The highest BCUT2D eigenvalue weighted by Gasteiger charge is 2.24. The van der Waals surface area contributed by atoms with Gasteiger partial charge in [-0.3, -0.25) is 9.59 Å². The molecule has 0 aromatic rings. The zero-order valence-electron chi connectivity index (χ0n) is 35.4. The molecule has 3 N–H and O–H groups in total. The van der Waals surface area contributed by atoms with Crippen molar-refractivity contribution in [3.63, 3.8) is 0 Å². The zero-order chi connectivity index (χ0) is 38.9. The van der Waals surface area contributed by atoms with E-state index in [0.29, 0.717) is 19.3 Å². The Balaban J connectivity index is 4.60. The number of rotatable bonds is 41. The fraction of sp³-hybridized carbons (Fsp3) is 0.872. The molecule has 0 fully saturated rings. The Hall–Kier alpha value is -1.66. The van der Waals surface area contributed by atoms with Crippen LogP contribution in [-0.4, -0.2) is 46.9 Å². The van der Waals surface area contributed by atoms with Crippen molar-refractivity contribution < 1.29 is 24.5 Å². The van der Waals surface area contributed by atoms with Gasteiger partial charge in [-0.2, -0.15) is 0 Å². The summed E-state index contributed by atoms with van der Waals surface area (Å²) in [5, 5.41) is 23.6. The van der Waals surface area contributed by atoms with E-state index in [4.69, 9.17) is 4.74 Å². The van der Waals surface area contributed by atoms with E-state index in [1.54, 1.807) is 0 Å². The number of carbonyl (C=O) groups excluding carboxylic acids is 2. The third kappa shape index (κ3) is 37.1. The first-order chi connectivity index (χ1) is 26.0. The number of carbonyl (C=O) groups is 2. The highest BCUT2D eigenvalue weighted by Crippen LogP contribution is 2.17. The molecule has 0 aromatic carbocycles. The maximum absolute atomic E-state index is 13.1. The largest absolute Gasteiger partial charge is 0.462 e. The Labute approximate surface area is 329 Å². The van der Waals surface area contributed by atoms with E-state index in [9.17, 15) is 19.8 Å². The molecule has 53 heavy (non-hydrogen) atoms. The molecule has 6 nitrogen and oxygen atoms in total. The zero-order valence-corrected chi connectivity index (χ0v) is 35.4. The molecule has 0 heterocycles. The number of nitrogens with one attached hydrogen (secondary N) is 1. The van der Waals surface area contributed by atoms with E-state index in [1.165, 1.54) is 116 Å². The number of ether oxygens (including phenoxy) is 1.